The molecule has 2 nitrogen and oxygen atoms in total. The Labute approximate surface area is 126 Å². The second-order valence-electron chi connectivity index (χ2n) is 4.33. The summed E-state index contributed by atoms with van der Waals surface area (Å²) >= 11 is 5.24. The van der Waals surface area contributed by atoms with Crippen LogP contribution in [0.3, 0.4) is 0 Å². The van der Waals surface area contributed by atoms with Gasteiger partial charge in [0.25, 0.3) is 0 Å². The molecule has 0 saturated carbocycles. The summed E-state index contributed by atoms with van der Waals surface area (Å²) in [6.07, 6.45) is 0. The number of halogens is 1. The molecule has 0 aliphatic rings. The van der Waals surface area contributed by atoms with Gasteiger partial charge in [-0.3, -0.25) is 0 Å². The molecule has 19 heavy (non-hydrogen) atoms. The highest BCUT2D eigenvalue weighted by atomic mass is 79.9. The van der Waals surface area contributed by atoms with Gasteiger partial charge in [0.2, 0.25) is 0 Å². The first kappa shape index (κ1) is 14.6. The first-order valence-electron chi connectivity index (χ1n) is 6.38. The second kappa shape index (κ2) is 7.08. The maximum absolute atomic E-state index is 5.95. The van der Waals surface area contributed by atoms with Crippen LogP contribution in [0.5, 0.6) is 5.75 Å². The molecule has 1 atom stereocenters. The molecule has 2 aromatic rings. The van der Waals surface area contributed by atoms with Crippen LogP contribution in [-0.2, 0) is 6.61 Å². The molecular formula is C15H18BrNOS. The van der Waals surface area contributed by atoms with Crippen molar-refractivity contribution in [3.8, 4) is 5.75 Å². The lowest BCUT2D eigenvalue weighted by Gasteiger charge is -2.18. The van der Waals surface area contributed by atoms with Gasteiger partial charge < -0.3 is 10.1 Å². The van der Waals surface area contributed by atoms with E-state index >= 15 is 0 Å². The summed E-state index contributed by atoms with van der Waals surface area (Å²) in [4.78, 5) is 1.24. The average molecular weight is 340 g/mol. The zero-order chi connectivity index (χ0) is 13.7. The number of rotatable bonds is 6. The topological polar surface area (TPSA) is 21.3 Å². The molecule has 102 valence electrons. The molecule has 0 saturated heterocycles. The number of hydrogen-bond acceptors (Lipinski definition) is 3. The van der Waals surface area contributed by atoms with Crippen LogP contribution in [0.25, 0.3) is 0 Å². The lowest BCUT2D eigenvalue weighted by atomic mass is 10.1. The Kier molecular flexibility index (Phi) is 5.43. The van der Waals surface area contributed by atoms with Crippen molar-refractivity contribution in [2.24, 2.45) is 0 Å². The fourth-order valence-electron chi connectivity index (χ4n) is 1.95. The lowest BCUT2D eigenvalue weighted by molar-refractivity contribution is 0.303. The van der Waals surface area contributed by atoms with Crippen molar-refractivity contribution in [1.29, 1.82) is 0 Å². The molecule has 0 aliphatic heterocycles. The number of benzene rings is 1. The van der Waals surface area contributed by atoms with Crippen LogP contribution in [-0.4, -0.2) is 6.54 Å². The van der Waals surface area contributed by atoms with Gasteiger partial charge in [-0.25, -0.2) is 0 Å². The van der Waals surface area contributed by atoms with E-state index in [4.69, 9.17) is 4.74 Å². The van der Waals surface area contributed by atoms with Crippen molar-refractivity contribution < 1.29 is 4.74 Å². The fraction of sp³-hybridized carbons (Fsp3) is 0.333. The highest BCUT2D eigenvalue weighted by Crippen LogP contribution is 2.29. The minimum atomic E-state index is 0.279. The summed E-state index contributed by atoms with van der Waals surface area (Å²) < 4.78 is 7.03. The third-order valence-corrected chi connectivity index (χ3v) is 4.24. The van der Waals surface area contributed by atoms with Crippen LogP contribution < -0.4 is 10.1 Å². The number of nitrogens with one attached hydrogen (secondary N) is 1. The van der Waals surface area contributed by atoms with E-state index in [2.05, 4.69) is 52.6 Å². The third kappa shape index (κ3) is 4.06. The predicted octanol–water partition coefficient (Wildman–Crippen LogP) is 4.76. The minimum absolute atomic E-state index is 0.279. The van der Waals surface area contributed by atoms with Gasteiger partial charge in [0.1, 0.15) is 12.4 Å². The van der Waals surface area contributed by atoms with Crippen LogP contribution in [0.4, 0.5) is 0 Å². The summed E-state index contributed by atoms with van der Waals surface area (Å²) in [7, 11) is 0. The molecule has 0 aliphatic carbocycles. The molecule has 1 unspecified atom stereocenters. The molecule has 1 aromatic carbocycles. The van der Waals surface area contributed by atoms with Crippen molar-refractivity contribution >= 4 is 27.3 Å². The van der Waals surface area contributed by atoms with E-state index in [1.165, 1.54) is 10.4 Å². The van der Waals surface area contributed by atoms with E-state index in [9.17, 15) is 0 Å². The van der Waals surface area contributed by atoms with E-state index < -0.39 is 0 Å². The summed E-state index contributed by atoms with van der Waals surface area (Å²) in [6.45, 7) is 5.84. The van der Waals surface area contributed by atoms with Crippen molar-refractivity contribution in [3.05, 3.63) is 50.6 Å². The van der Waals surface area contributed by atoms with Gasteiger partial charge >= 0.3 is 0 Å². The van der Waals surface area contributed by atoms with Crippen molar-refractivity contribution in [2.45, 2.75) is 26.5 Å². The smallest absolute Gasteiger partial charge is 0.124 e. The van der Waals surface area contributed by atoms with Gasteiger partial charge in [-0.2, -0.15) is 0 Å². The highest BCUT2D eigenvalue weighted by Gasteiger charge is 2.11. The number of thiophene rings is 1. The van der Waals surface area contributed by atoms with Gasteiger partial charge in [0, 0.05) is 21.0 Å². The summed E-state index contributed by atoms with van der Waals surface area (Å²) in [5, 5.41) is 5.50. The van der Waals surface area contributed by atoms with Gasteiger partial charge in [-0.15, -0.1) is 11.3 Å². The van der Waals surface area contributed by atoms with Crippen molar-refractivity contribution in [2.75, 3.05) is 6.54 Å². The van der Waals surface area contributed by atoms with Gasteiger partial charge in [0.15, 0.2) is 0 Å². The molecular weight excluding hydrogens is 322 g/mol. The van der Waals surface area contributed by atoms with Crippen LogP contribution in [0.15, 0.2) is 40.2 Å². The summed E-state index contributed by atoms with van der Waals surface area (Å²) in [5.74, 6) is 0.949. The Morgan fingerprint density at radius 3 is 2.89 bits per heavy atom. The standard InChI is InChI=1S/C15H18BrNOS/c1-3-17-11(2)14-9-12(16)6-7-15(14)18-10-13-5-4-8-19-13/h4-9,11,17H,3,10H2,1-2H3. The monoisotopic (exact) mass is 339 g/mol. The number of ether oxygens (including phenoxy) is 1. The Balaban J connectivity index is 2.14. The Bertz CT molecular complexity index is 513. The zero-order valence-corrected chi connectivity index (χ0v) is 13.6. The summed E-state index contributed by atoms with van der Waals surface area (Å²) in [6, 6.07) is 10.6. The number of hydrogen-bond donors (Lipinski definition) is 1. The molecule has 0 amide bonds. The molecule has 4 heteroatoms. The zero-order valence-electron chi connectivity index (χ0n) is 11.2. The van der Waals surface area contributed by atoms with Crippen LogP contribution in [0, 0.1) is 0 Å². The third-order valence-electron chi connectivity index (χ3n) is 2.90. The molecule has 1 N–H and O–H groups in total. The molecule has 2 rings (SSSR count). The molecule has 0 spiro atoms. The molecule has 0 radical (unpaired) electrons. The summed E-state index contributed by atoms with van der Waals surface area (Å²) in [5.41, 5.74) is 1.19. The maximum Gasteiger partial charge on any atom is 0.124 e. The Morgan fingerprint density at radius 1 is 1.37 bits per heavy atom. The maximum atomic E-state index is 5.95. The van der Waals surface area contributed by atoms with Crippen LogP contribution >= 0.6 is 27.3 Å². The minimum Gasteiger partial charge on any atom is -0.488 e. The normalized spacial score (nSPS) is 12.4. The predicted molar refractivity (Wildman–Crippen MR) is 84.9 cm³/mol. The van der Waals surface area contributed by atoms with Crippen molar-refractivity contribution in [3.63, 3.8) is 0 Å². The largest absolute Gasteiger partial charge is 0.488 e. The first-order chi connectivity index (χ1) is 9.20. The van der Waals surface area contributed by atoms with Crippen LogP contribution in [0.2, 0.25) is 0 Å². The SMILES string of the molecule is CCNC(C)c1cc(Br)ccc1OCc1cccs1. The fourth-order valence-corrected chi connectivity index (χ4v) is 2.94. The molecule has 0 bridgehead atoms. The van der Waals surface area contributed by atoms with E-state index in [0.29, 0.717) is 6.61 Å². The lowest BCUT2D eigenvalue weighted by Crippen LogP contribution is -2.18. The van der Waals surface area contributed by atoms with Gasteiger partial charge in [0.05, 0.1) is 0 Å². The Morgan fingerprint density at radius 2 is 2.21 bits per heavy atom. The second-order valence-corrected chi connectivity index (χ2v) is 6.28. The van der Waals surface area contributed by atoms with Gasteiger partial charge in [-0.05, 0) is 43.1 Å². The molecule has 1 heterocycles. The van der Waals surface area contributed by atoms with E-state index in [0.717, 1.165) is 16.8 Å². The highest BCUT2D eigenvalue weighted by molar-refractivity contribution is 9.10. The van der Waals surface area contributed by atoms with Crippen molar-refractivity contribution in [1.82, 2.24) is 5.32 Å². The Hall–Kier alpha value is -0.840. The van der Waals surface area contributed by atoms with Crippen LogP contribution in [0.1, 0.15) is 30.3 Å². The van der Waals surface area contributed by atoms with E-state index in [1.54, 1.807) is 11.3 Å². The molecule has 0 fully saturated rings. The molecule has 1 aromatic heterocycles. The van der Waals surface area contributed by atoms with Gasteiger partial charge in [-0.1, -0.05) is 28.9 Å². The van der Waals surface area contributed by atoms with E-state index in [-0.39, 0.29) is 6.04 Å². The quantitative estimate of drug-likeness (QED) is 0.819. The average Bonchev–Trinajstić information content (AvgIpc) is 2.90. The first-order valence-corrected chi connectivity index (χ1v) is 8.06. The van der Waals surface area contributed by atoms with E-state index in [1.807, 2.05) is 18.2 Å².